The zero-order chi connectivity index (χ0) is 46.8. The number of alkyl halides is 2. The molecule has 2 saturated heterocycles. The van der Waals surface area contributed by atoms with Crippen molar-refractivity contribution in [2.45, 2.75) is 76.2 Å². The van der Waals surface area contributed by atoms with Crippen LogP contribution in [-0.2, 0) is 20.5 Å². The van der Waals surface area contributed by atoms with Gasteiger partial charge in [0.05, 0.1) is 34.5 Å². The number of nitrogens with zero attached hydrogens (tertiary/aromatic N) is 8. The van der Waals surface area contributed by atoms with Gasteiger partial charge in [-0.1, -0.05) is 31.7 Å². The molecule has 1 aliphatic carbocycles. The van der Waals surface area contributed by atoms with Crippen molar-refractivity contribution in [3.05, 3.63) is 93.4 Å². The highest BCUT2D eigenvalue weighted by molar-refractivity contribution is 6.33. The highest BCUT2D eigenvalue weighted by Gasteiger charge is 2.50. The van der Waals surface area contributed by atoms with Gasteiger partial charge in [-0.25, -0.2) is 26.9 Å². The van der Waals surface area contributed by atoms with E-state index in [0.29, 0.717) is 91.4 Å². The molecule has 3 N–H and O–H groups in total. The molecule has 0 amide bonds. The van der Waals surface area contributed by atoms with Gasteiger partial charge < -0.3 is 35.2 Å². The summed E-state index contributed by atoms with van der Waals surface area (Å²) in [5, 5.41) is 14.7. The fraction of sp³-hybridized carbons (Fsp3) is 0.500. The molecule has 66 heavy (non-hydrogen) atoms. The van der Waals surface area contributed by atoms with Gasteiger partial charge in [-0.05, 0) is 93.6 Å². The van der Waals surface area contributed by atoms with Crippen LogP contribution in [0.2, 0.25) is 5.02 Å². The molecule has 0 bridgehead atoms. The first-order valence-electron chi connectivity index (χ1n) is 22.9. The molecule has 5 aromatic rings. The molecule has 4 aliphatic rings. The number of aryl methyl sites for hydroxylation is 2. The van der Waals surface area contributed by atoms with E-state index in [4.69, 9.17) is 16.6 Å². The van der Waals surface area contributed by atoms with Crippen LogP contribution in [0.4, 0.5) is 50.9 Å². The van der Waals surface area contributed by atoms with Crippen molar-refractivity contribution < 1.29 is 22.0 Å². The third-order valence-corrected chi connectivity index (χ3v) is 14.7. The van der Waals surface area contributed by atoms with E-state index in [-0.39, 0.29) is 57.3 Å². The Hall–Kier alpha value is -5.42. The lowest BCUT2D eigenvalue weighted by Crippen LogP contribution is -2.45. The number of hydrogen-bond donors (Lipinski definition) is 3. The number of benzene rings is 2. The Morgan fingerprint density at radius 3 is 2.53 bits per heavy atom. The molecule has 3 aliphatic heterocycles. The molecule has 1 saturated carbocycles. The van der Waals surface area contributed by atoms with Gasteiger partial charge in [0.15, 0.2) is 17.5 Å². The van der Waals surface area contributed by atoms with Gasteiger partial charge in [0.25, 0.3) is 11.5 Å². The van der Waals surface area contributed by atoms with E-state index in [9.17, 15) is 4.79 Å². The normalized spacial score (nSPS) is 21.4. The van der Waals surface area contributed by atoms with Crippen LogP contribution in [0.5, 0.6) is 0 Å². The smallest absolute Gasteiger partial charge is 0.268 e. The summed E-state index contributed by atoms with van der Waals surface area (Å²) in [5.41, 5.74) is 1.68. The fourth-order valence-corrected chi connectivity index (χ4v) is 10.6. The number of likely N-dealkylation sites (tertiary alicyclic amines) is 1. The van der Waals surface area contributed by atoms with E-state index in [0.717, 1.165) is 31.8 Å². The largest absolute Gasteiger partial charge is 0.375 e. The maximum atomic E-state index is 16.3. The van der Waals surface area contributed by atoms with Crippen molar-refractivity contribution in [2.24, 2.45) is 31.8 Å². The first kappa shape index (κ1) is 45.7. The van der Waals surface area contributed by atoms with E-state index in [1.807, 2.05) is 11.9 Å². The molecule has 18 heteroatoms. The standard InChI is InChI=1S/C48H57ClF5N11O/c1-7-55-27(3)11-16-61(4)45-33-20-36(51)39(40(52)42(33)63(6)60-45)28-12-17-64(18-13-28)25-30-14-19-65(24-26(30)2)47-56-23-34(49)44(59-47)57-37-21-32-38(22-35(37)50)62(5)46(66)31-10-15-48(53,54)43(29-8-9-29)58-41(31)32/h7,20-23,26,28-30,43,55,58H,1,3,8-19,24-25H2,2,4-6H3,(H,56,57,59). The Morgan fingerprint density at radius 1 is 1.06 bits per heavy atom. The highest BCUT2D eigenvalue weighted by Crippen LogP contribution is 2.47. The molecule has 0 radical (unpaired) electrons. The van der Waals surface area contributed by atoms with Gasteiger partial charge in [0.2, 0.25) is 5.95 Å². The number of pyridine rings is 1. The molecule has 3 atom stereocenters. The molecule has 3 unspecified atom stereocenters. The summed E-state index contributed by atoms with van der Waals surface area (Å²) >= 11 is 6.60. The number of nitrogens with one attached hydrogen (secondary N) is 3. The number of rotatable bonds is 13. The van der Waals surface area contributed by atoms with Crippen LogP contribution >= 0.6 is 11.6 Å². The summed E-state index contributed by atoms with van der Waals surface area (Å²) < 4.78 is 81.5. The Labute approximate surface area is 385 Å². The lowest BCUT2D eigenvalue weighted by Gasteiger charge is -2.41. The second kappa shape index (κ2) is 18.0. The summed E-state index contributed by atoms with van der Waals surface area (Å²) in [6, 6.07) is 3.08. The van der Waals surface area contributed by atoms with Gasteiger partial charge in [0.1, 0.15) is 22.2 Å². The third-order valence-electron chi connectivity index (χ3n) is 14.4. The van der Waals surface area contributed by atoms with Gasteiger partial charge in [0, 0.05) is 88.4 Å². The van der Waals surface area contributed by atoms with Crippen molar-refractivity contribution in [1.29, 1.82) is 0 Å². The molecule has 6 heterocycles. The van der Waals surface area contributed by atoms with Crippen molar-refractivity contribution in [1.82, 2.24) is 34.5 Å². The minimum absolute atomic E-state index is 0.0304. The summed E-state index contributed by atoms with van der Waals surface area (Å²) in [5.74, 6) is -3.44. The number of hydrogen-bond acceptors (Lipinski definition) is 10. The van der Waals surface area contributed by atoms with E-state index in [2.05, 4.69) is 55.9 Å². The van der Waals surface area contributed by atoms with E-state index < -0.39 is 41.4 Å². The monoisotopic (exact) mass is 933 g/mol. The van der Waals surface area contributed by atoms with Crippen LogP contribution in [0.25, 0.3) is 21.8 Å². The summed E-state index contributed by atoms with van der Waals surface area (Å²) in [7, 11) is 5.06. The van der Waals surface area contributed by atoms with Crippen LogP contribution in [0.3, 0.4) is 0 Å². The van der Waals surface area contributed by atoms with Gasteiger partial charge in [-0.3, -0.25) is 9.48 Å². The summed E-state index contributed by atoms with van der Waals surface area (Å²) in [4.78, 5) is 29.0. The first-order valence-corrected chi connectivity index (χ1v) is 23.3. The number of aromatic nitrogens is 5. The van der Waals surface area contributed by atoms with E-state index >= 15 is 22.0 Å². The van der Waals surface area contributed by atoms with E-state index in [1.54, 1.807) is 13.2 Å². The van der Waals surface area contributed by atoms with Gasteiger partial charge in [-0.15, -0.1) is 0 Å². The molecule has 3 aromatic heterocycles. The lowest BCUT2D eigenvalue weighted by molar-refractivity contribution is -0.0305. The SMILES string of the molecule is C=CNC(=C)CCN(C)c1nn(C)c2c(F)c(C3CCN(CC4CCN(c5ncc(Cl)c(Nc6cc7c8c(c(=O)n(C)c7cc6F)CCC(F)(F)C(C6CC6)N8)n5)CC4C)CC3)c(F)cc12. The lowest BCUT2D eigenvalue weighted by atomic mass is 9.84. The van der Waals surface area contributed by atoms with Crippen LogP contribution in [-0.4, -0.2) is 87.5 Å². The zero-order valence-corrected chi connectivity index (χ0v) is 38.6. The Kier molecular flexibility index (Phi) is 12.5. The van der Waals surface area contributed by atoms with Crippen molar-refractivity contribution in [2.75, 3.05) is 66.7 Å². The van der Waals surface area contributed by atoms with Gasteiger partial charge in [-0.2, -0.15) is 10.1 Å². The second-order valence-corrected chi connectivity index (χ2v) is 19.3. The van der Waals surface area contributed by atoms with Crippen molar-refractivity contribution >= 4 is 62.4 Å². The fourth-order valence-electron chi connectivity index (χ4n) is 10.5. The number of anilines is 5. The molecular formula is C48H57ClF5N11O. The predicted octanol–water partition coefficient (Wildman–Crippen LogP) is 9.22. The Balaban J connectivity index is 0.846. The second-order valence-electron chi connectivity index (χ2n) is 18.9. The molecule has 0 spiro atoms. The predicted molar refractivity (Wildman–Crippen MR) is 252 cm³/mol. The molecule has 12 nitrogen and oxygen atoms in total. The molecule has 352 valence electrons. The van der Waals surface area contributed by atoms with Crippen molar-refractivity contribution in [3.63, 3.8) is 0 Å². The van der Waals surface area contributed by atoms with Crippen LogP contribution in [0, 0.1) is 35.2 Å². The number of piperidine rings is 2. The van der Waals surface area contributed by atoms with E-state index in [1.165, 1.54) is 40.7 Å². The number of fused-ring (bicyclic) bond motifs is 4. The molecule has 3 fully saturated rings. The summed E-state index contributed by atoms with van der Waals surface area (Å²) in [6.45, 7) is 14.0. The number of halogens is 6. The maximum Gasteiger partial charge on any atom is 0.268 e. The van der Waals surface area contributed by atoms with Crippen LogP contribution in [0.15, 0.2) is 54.2 Å². The average molecular weight is 935 g/mol. The third kappa shape index (κ3) is 8.68. The molecule has 9 rings (SSSR count). The zero-order valence-electron chi connectivity index (χ0n) is 37.8. The average Bonchev–Trinajstić information content (AvgIpc) is 4.08. The van der Waals surface area contributed by atoms with Crippen LogP contribution < -0.4 is 31.3 Å². The molecular weight excluding hydrogens is 877 g/mol. The highest BCUT2D eigenvalue weighted by atomic mass is 35.5. The topological polar surface area (TPSA) is 111 Å². The Bertz CT molecular complexity index is 2770. The quantitative estimate of drug-likeness (QED) is 0.0990. The maximum absolute atomic E-state index is 16.3. The summed E-state index contributed by atoms with van der Waals surface area (Å²) in [6.07, 6.45) is 6.60. The van der Waals surface area contributed by atoms with Crippen LogP contribution in [0.1, 0.15) is 68.9 Å². The minimum atomic E-state index is -3.00. The first-order chi connectivity index (χ1) is 31.5. The minimum Gasteiger partial charge on any atom is -0.375 e. The Morgan fingerprint density at radius 2 is 1.82 bits per heavy atom. The van der Waals surface area contributed by atoms with Crippen molar-refractivity contribution in [3.8, 4) is 0 Å². The molecule has 2 aromatic carbocycles. The van der Waals surface area contributed by atoms with Gasteiger partial charge >= 0.3 is 0 Å².